The van der Waals surface area contributed by atoms with E-state index < -0.39 is 6.03 Å². The molecule has 104 valence electrons. The molecule has 0 radical (unpaired) electrons. The molecule has 0 saturated carbocycles. The number of benzene rings is 1. The first-order valence-corrected chi connectivity index (χ1v) is 5.79. The van der Waals surface area contributed by atoms with Crippen molar-refractivity contribution in [1.82, 2.24) is 10.3 Å². The minimum Gasteiger partial charge on any atom is -0.326 e. The molecule has 0 unspecified atom stereocenters. The van der Waals surface area contributed by atoms with Gasteiger partial charge in [-0.3, -0.25) is 10.1 Å². The molecule has 3 N–H and O–H groups in total. The summed E-state index contributed by atoms with van der Waals surface area (Å²) in [6.07, 6.45) is 0. The predicted molar refractivity (Wildman–Crippen MR) is 72.4 cm³/mol. The molecule has 1 aromatic carbocycles. The standard InChI is InChI=1S/C12H13N5O3/c1-7-11(17-20-16-7)15-12(19)14-10-5-3-4-9(6-10)13-8(2)18/h3-6H,1-2H3,(H,13,18)(H2,14,15,17,19). The summed E-state index contributed by atoms with van der Waals surface area (Å²) in [6.45, 7) is 3.07. The molecule has 20 heavy (non-hydrogen) atoms. The van der Waals surface area contributed by atoms with E-state index in [9.17, 15) is 9.59 Å². The summed E-state index contributed by atoms with van der Waals surface area (Å²) in [5.41, 5.74) is 1.60. The van der Waals surface area contributed by atoms with E-state index in [1.165, 1.54) is 6.92 Å². The van der Waals surface area contributed by atoms with Crippen molar-refractivity contribution in [3.63, 3.8) is 0 Å². The lowest BCUT2D eigenvalue weighted by Crippen LogP contribution is -2.20. The van der Waals surface area contributed by atoms with Crippen molar-refractivity contribution >= 4 is 29.1 Å². The minimum atomic E-state index is -0.483. The van der Waals surface area contributed by atoms with Crippen LogP contribution in [0, 0.1) is 6.92 Å². The van der Waals surface area contributed by atoms with E-state index in [1.54, 1.807) is 31.2 Å². The molecule has 0 atom stereocenters. The Labute approximate surface area is 114 Å². The highest BCUT2D eigenvalue weighted by molar-refractivity contribution is 6.00. The summed E-state index contributed by atoms with van der Waals surface area (Å²) in [4.78, 5) is 22.7. The molecule has 0 aliphatic rings. The Morgan fingerprint density at radius 1 is 1.10 bits per heavy atom. The lowest BCUT2D eigenvalue weighted by molar-refractivity contribution is -0.114. The zero-order valence-electron chi connectivity index (χ0n) is 10.9. The van der Waals surface area contributed by atoms with Crippen LogP contribution in [0.2, 0.25) is 0 Å². The molecule has 0 spiro atoms. The number of hydrogen-bond donors (Lipinski definition) is 3. The first kappa shape index (κ1) is 13.5. The number of nitrogens with zero attached hydrogens (tertiary/aromatic N) is 2. The number of anilines is 3. The van der Waals surface area contributed by atoms with Crippen molar-refractivity contribution in [3.05, 3.63) is 30.0 Å². The van der Waals surface area contributed by atoms with E-state index in [1.807, 2.05) is 0 Å². The van der Waals surface area contributed by atoms with Gasteiger partial charge in [0.1, 0.15) is 5.69 Å². The van der Waals surface area contributed by atoms with E-state index in [4.69, 9.17) is 0 Å². The monoisotopic (exact) mass is 275 g/mol. The maximum Gasteiger partial charge on any atom is 0.324 e. The summed E-state index contributed by atoms with van der Waals surface area (Å²) in [7, 11) is 0. The van der Waals surface area contributed by atoms with Gasteiger partial charge in [0.15, 0.2) is 0 Å². The van der Waals surface area contributed by atoms with Crippen LogP contribution in [0.25, 0.3) is 0 Å². The third kappa shape index (κ3) is 3.55. The Hall–Kier alpha value is -2.90. The van der Waals surface area contributed by atoms with Crippen molar-refractivity contribution < 1.29 is 14.2 Å². The van der Waals surface area contributed by atoms with Crippen molar-refractivity contribution in [2.75, 3.05) is 16.0 Å². The van der Waals surface area contributed by atoms with Crippen molar-refractivity contribution in [3.8, 4) is 0 Å². The number of hydrogen-bond acceptors (Lipinski definition) is 5. The zero-order chi connectivity index (χ0) is 14.5. The average Bonchev–Trinajstić information content (AvgIpc) is 2.74. The van der Waals surface area contributed by atoms with Gasteiger partial charge in [-0.2, -0.15) is 0 Å². The van der Waals surface area contributed by atoms with Gasteiger partial charge >= 0.3 is 6.03 Å². The number of carbonyl (C=O) groups excluding carboxylic acids is 2. The fourth-order valence-corrected chi connectivity index (χ4v) is 1.49. The normalized spacial score (nSPS) is 9.90. The quantitative estimate of drug-likeness (QED) is 0.793. The topological polar surface area (TPSA) is 109 Å². The van der Waals surface area contributed by atoms with Crippen LogP contribution in [0.15, 0.2) is 28.9 Å². The van der Waals surface area contributed by atoms with Crippen molar-refractivity contribution in [1.29, 1.82) is 0 Å². The van der Waals surface area contributed by atoms with Gasteiger partial charge in [0.2, 0.25) is 11.7 Å². The van der Waals surface area contributed by atoms with E-state index >= 15 is 0 Å². The Kier molecular flexibility index (Phi) is 3.94. The SMILES string of the molecule is CC(=O)Nc1cccc(NC(=O)Nc2nonc2C)c1. The summed E-state index contributed by atoms with van der Waals surface area (Å²) in [5.74, 6) is 0.0661. The molecule has 3 amide bonds. The average molecular weight is 275 g/mol. The van der Waals surface area contributed by atoms with Crippen LogP contribution < -0.4 is 16.0 Å². The van der Waals surface area contributed by atoms with E-state index in [-0.39, 0.29) is 11.7 Å². The number of aryl methyl sites for hydroxylation is 1. The smallest absolute Gasteiger partial charge is 0.324 e. The molecule has 1 heterocycles. The van der Waals surface area contributed by atoms with Crippen LogP contribution in [0.1, 0.15) is 12.6 Å². The van der Waals surface area contributed by atoms with Crippen molar-refractivity contribution in [2.45, 2.75) is 13.8 Å². The van der Waals surface area contributed by atoms with Crippen LogP contribution in [0.4, 0.5) is 22.0 Å². The first-order valence-electron chi connectivity index (χ1n) is 5.79. The Morgan fingerprint density at radius 3 is 2.40 bits per heavy atom. The maximum atomic E-state index is 11.7. The number of carbonyl (C=O) groups is 2. The molecule has 1 aromatic heterocycles. The van der Waals surface area contributed by atoms with E-state index in [2.05, 4.69) is 30.9 Å². The molecule has 8 nitrogen and oxygen atoms in total. The summed E-state index contributed by atoms with van der Waals surface area (Å²) in [6, 6.07) is 6.27. The summed E-state index contributed by atoms with van der Waals surface area (Å²) >= 11 is 0. The third-order valence-corrected chi connectivity index (χ3v) is 2.33. The van der Waals surface area contributed by atoms with E-state index in [0.29, 0.717) is 17.1 Å². The van der Waals surface area contributed by atoms with Gasteiger partial charge in [-0.15, -0.1) is 0 Å². The second-order valence-electron chi connectivity index (χ2n) is 4.04. The molecule has 0 fully saturated rings. The summed E-state index contributed by atoms with van der Waals surface area (Å²) < 4.78 is 4.47. The lowest BCUT2D eigenvalue weighted by atomic mass is 10.3. The number of urea groups is 1. The molecular weight excluding hydrogens is 262 g/mol. The highest BCUT2D eigenvalue weighted by Crippen LogP contribution is 2.15. The number of rotatable bonds is 3. The highest BCUT2D eigenvalue weighted by atomic mass is 16.6. The minimum absolute atomic E-state index is 0.184. The van der Waals surface area contributed by atoms with Crippen LogP contribution in [0.5, 0.6) is 0 Å². The van der Waals surface area contributed by atoms with Crippen LogP contribution in [-0.4, -0.2) is 22.3 Å². The number of nitrogens with one attached hydrogen (secondary N) is 3. The van der Waals surface area contributed by atoms with Gasteiger partial charge in [0.05, 0.1) is 0 Å². The molecule has 0 aliphatic carbocycles. The van der Waals surface area contributed by atoms with Crippen LogP contribution >= 0.6 is 0 Å². The molecule has 2 aromatic rings. The molecule has 8 heteroatoms. The van der Waals surface area contributed by atoms with Gasteiger partial charge in [-0.05, 0) is 30.3 Å². The molecule has 0 aliphatic heterocycles. The van der Waals surface area contributed by atoms with Crippen LogP contribution in [0.3, 0.4) is 0 Å². The highest BCUT2D eigenvalue weighted by Gasteiger charge is 2.09. The summed E-state index contributed by atoms with van der Waals surface area (Å²) in [5, 5.41) is 14.8. The van der Waals surface area contributed by atoms with E-state index in [0.717, 1.165) is 0 Å². The second kappa shape index (κ2) is 5.83. The van der Waals surface area contributed by atoms with Crippen molar-refractivity contribution in [2.24, 2.45) is 0 Å². The Balaban J connectivity index is 2.01. The Bertz CT molecular complexity index is 638. The fourth-order valence-electron chi connectivity index (χ4n) is 1.49. The lowest BCUT2D eigenvalue weighted by Gasteiger charge is -2.07. The first-order chi connectivity index (χ1) is 9.54. The Morgan fingerprint density at radius 2 is 1.80 bits per heavy atom. The predicted octanol–water partition coefficient (Wildman–Crippen LogP) is 1.98. The zero-order valence-corrected chi connectivity index (χ0v) is 10.9. The molecule has 0 bridgehead atoms. The number of aromatic nitrogens is 2. The van der Waals surface area contributed by atoms with Gasteiger partial charge in [0, 0.05) is 18.3 Å². The molecule has 2 rings (SSSR count). The molecular formula is C12H13N5O3. The number of amides is 3. The third-order valence-electron chi connectivity index (χ3n) is 2.33. The fraction of sp³-hybridized carbons (Fsp3) is 0.167. The van der Waals surface area contributed by atoms with Gasteiger partial charge in [-0.25, -0.2) is 9.42 Å². The van der Waals surface area contributed by atoms with Gasteiger partial charge < -0.3 is 10.6 Å². The maximum absolute atomic E-state index is 11.7. The van der Waals surface area contributed by atoms with Gasteiger partial charge in [0.25, 0.3) is 0 Å². The van der Waals surface area contributed by atoms with Gasteiger partial charge in [-0.1, -0.05) is 11.2 Å². The van der Waals surface area contributed by atoms with Crippen LogP contribution in [-0.2, 0) is 4.79 Å². The largest absolute Gasteiger partial charge is 0.326 e. The second-order valence-corrected chi connectivity index (χ2v) is 4.04. The molecule has 0 saturated heterocycles.